The van der Waals surface area contributed by atoms with Gasteiger partial charge in [0.15, 0.2) is 5.82 Å². The Balaban J connectivity index is 2.04. The van der Waals surface area contributed by atoms with Gasteiger partial charge >= 0.3 is 0 Å². The van der Waals surface area contributed by atoms with Crippen LogP contribution in [0.4, 0.5) is 5.69 Å². The molecule has 1 aromatic heterocycles. The van der Waals surface area contributed by atoms with Crippen molar-refractivity contribution in [1.29, 1.82) is 0 Å². The quantitative estimate of drug-likeness (QED) is 0.794. The number of nitrogens with zero attached hydrogens (tertiary/aromatic N) is 4. The van der Waals surface area contributed by atoms with Crippen LogP contribution in [-0.2, 0) is 7.05 Å². The molecule has 0 spiro atoms. The molecule has 0 radical (unpaired) electrons. The molecule has 0 fully saturated rings. The van der Waals surface area contributed by atoms with Crippen molar-refractivity contribution in [3.63, 3.8) is 0 Å². The molecule has 5 heteroatoms. The first-order valence-corrected chi connectivity index (χ1v) is 6.38. The predicted octanol–water partition coefficient (Wildman–Crippen LogP) is 2.48. The smallest absolute Gasteiger partial charge is 0.181 e. The molecular formula is C13H19N5. The first kappa shape index (κ1) is 12.5. The normalized spacial score (nSPS) is 10.6. The SMILES string of the molecule is CCCCCNc1cccc(-c2nnnn2C)c1. The Morgan fingerprint density at radius 1 is 1.28 bits per heavy atom. The van der Waals surface area contributed by atoms with E-state index in [-0.39, 0.29) is 0 Å². The van der Waals surface area contributed by atoms with Crippen molar-refractivity contribution in [2.75, 3.05) is 11.9 Å². The summed E-state index contributed by atoms with van der Waals surface area (Å²) in [6.07, 6.45) is 3.71. The molecule has 0 aliphatic carbocycles. The van der Waals surface area contributed by atoms with E-state index >= 15 is 0 Å². The van der Waals surface area contributed by atoms with E-state index in [9.17, 15) is 0 Å². The minimum atomic E-state index is 0.784. The van der Waals surface area contributed by atoms with E-state index in [1.165, 1.54) is 19.3 Å². The van der Waals surface area contributed by atoms with Crippen LogP contribution in [0, 0.1) is 0 Å². The van der Waals surface area contributed by atoms with Crippen LogP contribution in [0.25, 0.3) is 11.4 Å². The number of nitrogens with one attached hydrogen (secondary N) is 1. The lowest BCUT2D eigenvalue weighted by Crippen LogP contribution is -2.01. The van der Waals surface area contributed by atoms with E-state index in [0.29, 0.717) is 0 Å². The number of hydrogen-bond acceptors (Lipinski definition) is 4. The van der Waals surface area contributed by atoms with Crippen molar-refractivity contribution in [3.05, 3.63) is 24.3 Å². The summed E-state index contributed by atoms with van der Waals surface area (Å²) < 4.78 is 1.68. The number of rotatable bonds is 6. The fourth-order valence-electron chi connectivity index (χ4n) is 1.85. The lowest BCUT2D eigenvalue weighted by Gasteiger charge is -2.07. The summed E-state index contributed by atoms with van der Waals surface area (Å²) in [5.41, 5.74) is 2.15. The van der Waals surface area contributed by atoms with Crippen molar-refractivity contribution in [2.45, 2.75) is 26.2 Å². The van der Waals surface area contributed by atoms with Gasteiger partial charge in [-0.05, 0) is 29.0 Å². The molecule has 2 aromatic rings. The van der Waals surface area contributed by atoms with Crippen LogP contribution >= 0.6 is 0 Å². The molecule has 96 valence electrons. The Kier molecular flexibility index (Phi) is 4.28. The standard InChI is InChI=1S/C13H19N5/c1-3-4-5-9-14-12-8-6-7-11(10-12)13-15-16-17-18(13)2/h6-8,10,14H,3-5,9H2,1-2H3. The summed E-state index contributed by atoms with van der Waals surface area (Å²) in [4.78, 5) is 0. The molecular weight excluding hydrogens is 226 g/mol. The Morgan fingerprint density at radius 3 is 2.89 bits per heavy atom. The molecule has 0 amide bonds. The number of benzene rings is 1. The number of unbranched alkanes of at least 4 members (excludes halogenated alkanes) is 2. The van der Waals surface area contributed by atoms with E-state index in [2.05, 4.69) is 39.9 Å². The van der Waals surface area contributed by atoms with Crippen LogP contribution in [-0.4, -0.2) is 26.8 Å². The number of aryl methyl sites for hydroxylation is 1. The Hall–Kier alpha value is -1.91. The van der Waals surface area contributed by atoms with Gasteiger partial charge in [0.05, 0.1) is 0 Å². The Morgan fingerprint density at radius 2 is 2.17 bits per heavy atom. The lowest BCUT2D eigenvalue weighted by atomic mass is 10.2. The third-order valence-corrected chi connectivity index (χ3v) is 2.85. The maximum Gasteiger partial charge on any atom is 0.181 e. The van der Waals surface area contributed by atoms with Crippen LogP contribution in [0.3, 0.4) is 0 Å². The fourth-order valence-corrected chi connectivity index (χ4v) is 1.85. The number of tetrazole rings is 1. The second-order valence-corrected chi connectivity index (χ2v) is 4.34. The van der Waals surface area contributed by atoms with Gasteiger partial charge in [-0.2, -0.15) is 0 Å². The molecule has 0 aliphatic heterocycles. The van der Waals surface area contributed by atoms with Crippen molar-refractivity contribution in [1.82, 2.24) is 20.2 Å². The molecule has 5 nitrogen and oxygen atoms in total. The first-order chi connectivity index (χ1) is 8.81. The average molecular weight is 245 g/mol. The molecule has 0 saturated carbocycles. The van der Waals surface area contributed by atoms with Crippen molar-refractivity contribution < 1.29 is 0 Å². The average Bonchev–Trinajstić information content (AvgIpc) is 2.81. The number of hydrogen-bond donors (Lipinski definition) is 1. The molecule has 1 heterocycles. The van der Waals surface area contributed by atoms with E-state index in [1.54, 1.807) is 4.68 Å². The predicted molar refractivity (Wildman–Crippen MR) is 72.2 cm³/mol. The summed E-state index contributed by atoms with van der Waals surface area (Å²) in [5, 5.41) is 14.9. The second kappa shape index (κ2) is 6.14. The summed E-state index contributed by atoms with van der Waals surface area (Å²) in [6, 6.07) is 8.19. The minimum absolute atomic E-state index is 0.784. The van der Waals surface area contributed by atoms with Crippen LogP contribution in [0.15, 0.2) is 24.3 Å². The summed E-state index contributed by atoms with van der Waals surface area (Å²) in [7, 11) is 1.84. The lowest BCUT2D eigenvalue weighted by molar-refractivity contribution is 0.714. The second-order valence-electron chi connectivity index (χ2n) is 4.34. The maximum atomic E-state index is 4.01. The topological polar surface area (TPSA) is 55.6 Å². The molecule has 2 rings (SSSR count). The molecule has 0 atom stereocenters. The molecule has 1 aromatic carbocycles. The van der Waals surface area contributed by atoms with Gasteiger partial charge < -0.3 is 5.32 Å². The number of aromatic nitrogens is 4. The van der Waals surface area contributed by atoms with Gasteiger partial charge in [0, 0.05) is 24.8 Å². The fraction of sp³-hybridized carbons (Fsp3) is 0.462. The van der Waals surface area contributed by atoms with E-state index in [1.807, 2.05) is 19.2 Å². The van der Waals surface area contributed by atoms with Crippen molar-refractivity contribution in [2.24, 2.45) is 7.05 Å². The zero-order chi connectivity index (χ0) is 12.8. The van der Waals surface area contributed by atoms with Crippen LogP contribution < -0.4 is 5.32 Å². The van der Waals surface area contributed by atoms with Gasteiger partial charge in [-0.1, -0.05) is 31.9 Å². The third-order valence-electron chi connectivity index (χ3n) is 2.85. The monoisotopic (exact) mass is 245 g/mol. The van der Waals surface area contributed by atoms with Crippen molar-refractivity contribution >= 4 is 5.69 Å². The molecule has 18 heavy (non-hydrogen) atoms. The first-order valence-electron chi connectivity index (χ1n) is 6.38. The van der Waals surface area contributed by atoms with Gasteiger partial charge in [0.2, 0.25) is 0 Å². The van der Waals surface area contributed by atoms with E-state index in [0.717, 1.165) is 23.6 Å². The summed E-state index contributed by atoms with van der Waals surface area (Å²) >= 11 is 0. The van der Waals surface area contributed by atoms with Crippen LogP contribution in [0.2, 0.25) is 0 Å². The van der Waals surface area contributed by atoms with Crippen molar-refractivity contribution in [3.8, 4) is 11.4 Å². The van der Waals surface area contributed by atoms with Gasteiger partial charge in [-0.3, -0.25) is 0 Å². The van der Waals surface area contributed by atoms with Crippen LogP contribution in [0.5, 0.6) is 0 Å². The summed E-state index contributed by atoms with van der Waals surface area (Å²) in [6.45, 7) is 3.22. The van der Waals surface area contributed by atoms with Gasteiger partial charge in [-0.15, -0.1) is 5.10 Å². The maximum absolute atomic E-state index is 4.01. The highest BCUT2D eigenvalue weighted by molar-refractivity contribution is 5.62. The van der Waals surface area contributed by atoms with Crippen LogP contribution in [0.1, 0.15) is 26.2 Å². The summed E-state index contributed by atoms with van der Waals surface area (Å²) in [5.74, 6) is 0.784. The number of anilines is 1. The highest BCUT2D eigenvalue weighted by Gasteiger charge is 2.05. The minimum Gasteiger partial charge on any atom is -0.385 e. The zero-order valence-corrected chi connectivity index (χ0v) is 10.9. The molecule has 0 bridgehead atoms. The molecule has 1 N–H and O–H groups in total. The highest BCUT2D eigenvalue weighted by Crippen LogP contribution is 2.19. The van der Waals surface area contributed by atoms with Gasteiger partial charge in [0.1, 0.15) is 0 Å². The zero-order valence-electron chi connectivity index (χ0n) is 10.9. The highest BCUT2D eigenvalue weighted by atomic mass is 15.5. The largest absolute Gasteiger partial charge is 0.385 e. The molecule has 0 saturated heterocycles. The van der Waals surface area contributed by atoms with Gasteiger partial charge in [-0.25, -0.2) is 4.68 Å². The van der Waals surface area contributed by atoms with E-state index < -0.39 is 0 Å². The Labute approximate surface area is 107 Å². The van der Waals surface area contributed by atoms with Gasteiger partial charge in [0.25, 0.3) is 0 Å². The molecule has 0 aliphatic rings. The Bertz CT molecular complexity index is 492. The van der Waals surface area contributed by atoms with E-state index in [4.69, 9.17) is 0 Å². The molecule has 0 unspecified atom stereocenters. The third kappa shape index (κ3) is 3.06.